The molecule has 1 aromatic rings. The smallest absolute Gasteiger partial charge is 0.235 e. The SMILES string of the molecule is O=S(=O)(CCCl)Nc1cc(Cl)ccn1. The molecule has 1 aromatic heterocycles. The molecule has 0 saturated carbocycles. The van der Waals surface area contributed by atoms with Gasteiger partial charge in [0.25, 0.3) is 0 Å². The van der Waals surface area contributed by atoms with Crippen LogP contribution in [0.1, 0.15) is 0 Å². The van der Waals surface area contributed by atoms with Gasteiger partial charge < -0.3 is 0 Å². The number of hydrogen-bond donors (Lipinski definition) is 1. The molecule has 78 valence electrons. The van der Waals surface area contributed by atoms with Crippen molar-refractivity contribution in [2.45, 2.75) is 0 Å². The first-order chi connectivity index (χ1) is 6.53. The number of hydrogen-bond acceptors (Lipinski definition) is 3. The van der Waals surface area contributed by atoms with Gasteiger partial charge >= 0.3 is 0 Å². The highest BCUT2D eigenvalue weighted by molar-refractivity contribution is 7.92. The molecule has 1 N–H and O–H groups in total. The van der Waals surface area contributed by atoms with Crippen LogP contribution in [0, 0.1) is 0 Å². The Hall–Kier alpha value is -0.520. The zero-order valence-electron chi connectivity index (χ0n) is 7.07. The van der Waals surface area contributed by atoms with Crippen LogP contribution in [0.4, 0.5) is 5.82 Å². The predicted molar refractivity (Wildman–Crippen MR) is 57.4 cm³/mol. The molecule has 0 fully saturated rings. The van der Waals surface area contributed by atoms with Crippen molar-refractivity contribution in [3.8, 4) is 0 Å². The lowest BCUT2D eigenvalue weighted by atomic mass is 10.5. The summed E-state index contributed by atoms with van der Waals surface area (Å²) in [7, 11) is -3.40. The first kappa shape index (κ1) is 11.6. The van der Waals surface area contributed by atoms with Gasteiger partial charge in [0.1, 0.15) is 5.82 Å². The molecule has 0 bridgehead atoms. The summed E-state index contributed by atoms with van der Waals surface area (Å²) < 4.78 is 24.7. The normalized spacial score (nSPS) is 11.3. The number of nitrogens with one attached hydrogen (secondary N) is 1. The van der Waals surface area contributed by atoms with Gasteiger partial charge in [-0.25, -0.2) is 13.4 Å². The van der Waals surface area contributed by atoms with Crippen LogP contribution in [0.15, 0.2) is 18.3 Å². The van der Waals surface area contributed by atoms with Gasteiger partial charge in [-0.2, -0.15) is 0 Å². The maximum absolute atomic E-state index is 11.2. The van der Waals surface area contributed by atoms with Crippen LogP contribution < -0.4 is 4.72 Å². The molecule has 14 heavy (non-hydrogen) atoms. The Morgan fingerprint density at radius 3 is 2.79 bits per heavy atom. The first-order valence-electron chi connectivity index (χ1n) is 3.71. The highest BCUT2D eigenvalue weighted by Crippen LogP contribution is 2.12. The third-order valence-corrected chi connectivity index (χ3v) is 3.24. The molecule has 0 radical (unpaired) electrons. The summed E-state index contributed by atoms with van der Waals surface area (Å²) in [6.07, 6.45) is 1.42. The molecule has 0 unspecified atom stereocenters. The zero-order valence-corrected chi connectivity index (χ0v) is 9.40. The Bertz CT molecular complexity index is 408. The van der Waals surface area contributed by atoms with Crippen molar-refractivity contribution in [3.05, 3.63) is 23.4 Å². The van der Waals surface area contributed by atoms with Crippen LogP contribution in [-0.2, 0) is 10.0 Å². The molecule has 0 atom stereocenters. The third kappa shape index (κ3) is 3.69. The highest BCUT2D eigenvalue weighted by Gasteiger charge is 2.09. The van der Waals surface area contributed by atoms with Crippen molar-refractivity contribution >= 4 is 39.0 Å². The molecular weight excluding hydrogens is 247 g/mol. The molecule has 0 amide bonds. The topological polar surface area (TPSA) is 59.1 Å². The molecule has 0 aromatic carbocycles. The lowest BCUT2D eigenvalue weighted by Crippen LogP contribution is -2.18. The van der Waals surface area contributed by atoms with Gasteiger partial charge in [-0.1, -0.05) is 11.6 Å². The van der Waals surface area contributed by atoms with Crippen LogP contribution in [0.5, 0.6) is 0 Å². The second-order valence-corrected chi connectivity index (χ2v) is 5.13. The van der Waals surface area contributed by atoms with Gasteiger partial charge in [-0.05, 0) is 6.07 Å². The van der Waals surface area contributed by atoms with E-state index >= 15 is 0 Å². The minimum absolute atomic E-state index is 0.0376. The minimum atomic E-state index is -3.40. The number of sulfonamides is 1. The highest BCUT2D eigenvalue weighted by atomic mass is 35.5. The second kappa shape index (κ2) is 4.82. The zero-order chi connectivity index (χ0) is 10.6. The van der Waals surface area contributed by atoms with Crippen molar-refractivity contribution in [1.82, 2.24) is 4.98 Å². The van der Waals surface area contributed by atoms with E-state index in [1.165, 1.54) is 12.3 Å². The van der Waals surface area contributed by atoms with E-state index < -0.39 is 10.0 Å². The van der Waals surface area contributed by atoms with Gasteiger partial charge in [0.15, 0.2) is 0 Å². The second-order valence-electron chi connectivity index (χ2n) is 2.47. The predicted octanol–water partition coefficient (Wildman–Crippen LogP) is 1.72. The van der Waals surface area contributed by atoms with Gasteiger partial charge in [0.05, 0.1) is 5.75 Å². The number of alkyl halides is 1. The van der Waals surface area contributed by atoms with E-state index in [-0.39, 0.29) is 17.5 Å². The van der Waals surface area contributed by atoms with Gasteiger partial charge in [0.2, 0.25) is 10.0 Å². The van der Waals surface area contributed by atoms with E-state index in [9.17, 15) is 8.42 Å². The Morgan fingerprint density at radius 2 is 2.21 bits per heavy atom. The van der Waals surface area contributed by atoms with Crippen LogP contribution in [0.25, 0.3) is 0 Å². The maximum atomic E-state index is 11.2. The Kier molecular flexibility index (Phi) is 3.97. The Morgan fingerprint density at radius 1 is 1.50 bits per heavy atom. The van der Waals surface area contributed by atoms with Crippen LogP contribution in [0.2, 0.25) is 5.02 Å². The minimum Gasteiger partial charge on any atom is -0.267 e. The quantitative estimate of drug-likeness (QED) is 0.833. The van der Waals surface area contributed by atoms with Crippen molar-refractivity contribution in [2.24, 2.45) is 0 Å². The van der Waals surface area contributed by atoms with Crippen LogP contribution in [0.3, 0.4) is 0 Å². The average molecular weight is 255 g/mol. The molecule has 4 nitrogen and oxygen atoms in total. The number of anilines is 1. The van der Waals surface area contributed by atoms with Gasteiger partial charge in [-0.3, -0.25) is 4.72 Å². The number of rotatable bonds is 4. The van der Waals surface area contributed by atoms with Crippen LogP contribution >= 0.6 is 23.2 Å². The van der Waals surface area contributed by atoms with E-state index in [1.54, 1.807) is 6.07 Å². The molecule has 0 spiro atoms. The van der Waals surface area contributed by atoms with Crippen molar-refractivity contribution in [2.75, 3.05) is 16.4 Å². The number of pyridine rings is 1. The number of halogens is 2. The summed E-state index contributed by atoms with van der Waals surface area (Å²) in [5.41, 5.74) is 0. The van der Waals surface area contributed by atoms with Crippen molar-refractivity contribution in [1.29, 1.82) is 0 Å². The summed E-state index contributed by atoms with van der Waals surface area (Å²) in [4.78, 5) is 3.79. The Balaban J connectivity index is 2.79. The lowest BCUT2D eigenvalue weighted by Gasteiger charge is -2.04. The fourth-order valence-corrected chi connectivity index (χ4v) is 2.28. The molecule has 0 aliphatic heterocycles. The average Bonchev–Trinajstić information content (AvgIpc) is 2.02. The third-order valence-electron chi connectivity index (χ3n) is 1.33. The molecule has 0 aliphatic rings. The number of nitrogens with zero attached hydrogens (tertiary/aromatic N) is 1. The van der Waals surface area contributed by atoms with E-state index in [0.29, 0.717) is 5.02 Å². The summed E-state index contributed by atoms with van der Waals surface area (Å²) in [5.74, 6) is 0.0844. The van der Waals surface area contributed by atoms with Crippen molar-refractivity contribution < 1.29 is 8.42 Å². The summed E-state index contributed by atoms with van der Waals surface area (Å²) in [6.45, 7) is 0. The molecule has 1 heterocycles. The largest absolute Gasteiger partial charge is 0.267 e. The molecule has 0 saturated heterocycles. The lowest BCUT2D eigenvalue weighted by molar-refractivity contribution is 0.602. The van der Waals surface area contributed by atoms with E-state index in [4.69, 9.17) is 23.2 Å². The van der Waals surface area contributed by atoms with E-state index in [2.05, 4.69) is 9.71 Å². The summed E-state index contributed by atoms with van der Waals surface area (Å²) in [5, 5.41) is 0.420. The molecule has 1 rings (SSSR count). The first-order valence-corrected chi connectivity index (χ1v) is 6.28. The molecular formula is C7H8Cl2N2O2S. The van der Waals surface area contributed by atoms with Crippen LogP contribution in [-0.4, -0.2) is 25.0 Å². The van der Waals surface area contributed by atoms with Gasteiger partial charge in [0, 0.05) is 23.2 Å². The maximum Gasteiger partial charge on any atom is 0.235 e. The molecule has 0 aliphatic carbocycles. The molecule has 7 heteroatoms. The van der Waals surface area contributed by atoms with Crippen molar-refractivity contribution in [3.63, 3.8) is 0 Å². The number of aromatic nitrogens is 1. The standard InChI is InChI=1S/C7H8Cl2N2O2S/c8-2-4-14(12,13)11-7-5-6(9)1-3-10-7/h1,3,5H,2,4H2,(H,10,11). The summed E-state index contributed by atoms with van der Waals surface area (Å²) in [6, 6.07) is 2.98. The Labute approximate surface area is 92.3 Å². The fourth-order valence-electron chi connectivity index (χ4n) is 0.773. The fraction of sp³-hybridized carbons (Fsp3) is 0.286. The van der Waals surface area contributed by atoms with E-state index in [0.717, 1.165) is 0 Å². The van der Waals surface area contributed by atoms with E-state index in [1.807, 2.05) is 0 Å². The van der Waals surface area contributed by atoms with Gasteiger partial charge in [-0.15, -0.1) is 11.6 Å². The monoisotopic (exact) mass is 254 g/mol. The summed E-state index contributed by atoms with van der Waals surface area (Å²) >= 11 is 11.0.